The summed E-state index contributed by atoms with van der Waals surface area (Å²) >= 11 is 6.32. The van der Waals surface area contributed by atoms with Gasteiger partial charge in [-0.3, -0.25) is 0 Å². The van der Waals surface area contributed by atoms with Crippen LogP contribution in [-0.2, 0) is 13.1 Å². The van der Waals surface area contributed by atoms with E-state index in [2.05, 4.69) is 20.6 Å². The first-order valence-corrected chi connectivity index (χ1v) is 9.30. The molecule has 0 spiro atoms. The van der Waals surface area contributed by atoms with E-state index >= 15 is 0 Å². The monoisotopic (exact) mass is 522 g/mol. The number of aliphatic imine (C=N–C) groups is 1. The minimum absolute atomic E-state index is 0. The third kappa shape index (κ3) is 6.73. The third-order valence-corrected chi connectivity index (χ3v) is 4.10. The van der Waals surface area contributed by atoms with E-state index in [1.807, 2.05) is 39.8 Å². The third-order valence-electron chi connectivity index (χ3n) is 3.82. The van der Waals surface area contributed by atoms with Gasteiger partial charge in [0, 0.05) is 6.54 Å². The zero-order valence-corrected chi connectivity index (χ0v) is 20.0. The summed E-state index contributed by atoms with van der Waals surface area (Å²) in [6, 6.07) is 3.72. The first kappa shape index (κ1) is 24.4. The van der Waals surface area contributed by atoms with Crippen molar-refractivity contribution in [1.29, 1.82) is 0 Å². The van der Waals surface area contributed by atoms with Gasteiger partial charge in [0.2, 0.25) is 5.89 Å². The predicted molar refractivity (Wildman–Crippen MR) is 122 cm³/mol. The van der Waals surface area contributed by atoms with Gasteiger partial charge in [-0.15, -0.1) is 24.0 Å². The molecule has 156 valence electrons. The minimum Gasteiger partial charge on any atom is -0.493 e. The number of aryl methyl sites for hydroxylation is 2. The molecule has 1 heterocycles. The van der Waals surface area contributed by atoms with Crippen LogP contribution in [0.2, 0.25) is 5.02 Å². The summed E-state index contributed by atoms with van der Waals surface area (Å²) in [4.78, 5) is 8.95. The lowest BCUT2D eigenvalue weighted by Gasteiger charge is -2.13. The number of aromatic nitrogens is 1. The lowest BCUT2D eigenvalue weighted by atomic mass is 10.2. The number of rotatable bonds is 8. The Labute approximate surface area is 188 Å². The fraction of sp³-hybridized carbons (Fsp3) is 0.474. The van der Waals surface area contributed by atoms with Crippen LogP contribution in [0, 0.1) is 13.8 Å². The quantitative estimate of drug-likeness (QED) is 0.307. The van der Waals surface area contributed by atoms with E-state index < -0.39 is 0 Å². The van der Waals surface area contributed by atoms with Crippen LogP contribution in [0.1, 0.15) is 36.8 Å². The van der Waals surface area contributed by atoms with Crippen molar-refractivity contribution < 1.29 is 13.9 Å². The molecule has 0 aliphatic carbocycles. The average Bonchev–Trinajstić information content (AvgIpc) is 2.97. The van der Waals surface area contributed by atoms with Gasteiger partial charge in [-0.25, -0.2) is 9.98 Å². The largest absolute Gasteiger partial charge is 0.493 e. The molecule has 9 heteroatoms. The van der Waals surface area contributed by atoms with E-state index in [1.165, 1.54) is 0 Å². The van der Waals surface area contributed by atoms with Crippen LogP contribution >= 0.6 is 35.6 Å². The first-order valence-electron chi connectivity index (χ1n) is 8.92. The molecule has 2 aromatic rings. The fourth-order valence-corrected chi connectivity index (χ4v) is 2.72. The second-order valence-electron chi connectivity index (χ2n) is 5.84. The molecule has 0 unspecified atom stereocenters. The summed E-state index contributed by atoms with van der Waals surface area (Å²) in [6.07, 6.45) is 0. The molecule has 0 fully saturated rings. The van der Waals surface area contributed by atoms with Crippen LogP contribution in [0.5, 0.6) is 11.5 Å². The van der Waals surface area contributed by atoms with Crippen LogP contribution in [0.15, 0.2) is 21.5 Å². The maximum Gasteiger partial charge on any atom is 0.214 e. The molecule has 0 atom stereocenters. The molecule has 28 heavy (non-hydrogen) atoms. The van der Waals surface area contributed by atoms with Gasteiger partial charge in [0.05, 0.1) is 37.5 Å². The van der Waals surface area contributed by atoms with Crippen molar-refractivity contribution in [3.05, 3.63) is 40.1 Å². The van der Waals surface area contributed by atoms with Crippen LogP contribution in [0.3, 0.4) is 0 Å². The standard InChI is InChI=1S/C19H27ClN4O3.HI/c1-6-21-19(23-11-17-24-12(3)13(4)27-17)22-10-14-8-15(20)18(26-7-2)16(9-14)25-5;/h8-9H,6-7,10-11H2,1-5H3,(H2,21,22,23);1H. The molecule has 0 radical (unpaired) electrons. The maximum absolute atomic E-state index is 6.32. The van der Waals surface area contributed by atoms with Crippen LogP contribution < -0.4 is 20.1 Å². The van der Waals surface area contributed by atoms with Crippen LogP contribution in [0.4, 0.5) is 0 Å². The predicted octanol–water partition coefficient (Wildman–Crippen LogP) is 4.23. The molecule has 0 amide bonds. The molecule has 2 N–H and O–H groups in total. The van der Waals surface area contributed by atoms with Crippen LogP contribution in [-0.4, -0.2) is 31.2 Å². The normalized spacial score (nSPS) is 11.0. The number of ether oxygens (including phenoxy) is 2. The number of methoxy groups -OCH3 is 1. The molecule has 0 bridgehead atoms. The van der Waals surface area contributed by atoms with E-state index in [0.717, 1.165) is 23.6 Å². The summed E-state index contributed by atoms with van der Waals surface area (Å²) in [5.74, 6) is 3.26. The highest BCUT2D eigenvalue weighted by atomic mass is 127. The van der Waals surface area contributed by atoms with Crippen molar-refractivity contribution in [3.63, 3.8) is 0 Å². The van der Waals surface area contributed by atoms with Crippen molar-refractivity contribution in [2.24, 2.45) is 4.99 Å². The van der Waals surface area contributed by atoms with Gasteiger partial charge >= 0.3 is 0 Å². The Bertz CT molecular complexity index is 776. The number of hydrogen-bond donors (Lipinski definition) is 2. The molecular weight excluding hydrogens is 495 g/mol. The van der Waals surface area contributed by atoms with E-state index in [4.69, 9.17) is 25.5 Å². The van der Waals surface area contributed by atoms with Crippen molar-refractivity contribution in [1.82, 2.24) is 15.6 Å². The van der Waals surface area contributed by atoms with Crippen molar-refractivity contribution in [2.45, 2.75) is 40.8 Å². The molecular formula is C19H28ClIN4O3. The van der Waals surface area contributed by atoms with Crippen LogP contribution in [0.25, 0.3) is 0 Å². The number of benzene rings is 1. The molecule has 0 saturated carbocycles. The Hall–Kier alpha value is -1.68. The SMILES string of the molecule is CCNC(=NCc1cc(Cl)c(OCC)c(OC)c1)NCc1nc(C)c(C)o1.I. The van der Waals surface area contributed by atoms with Gasteiger partial charge in [0.25, 0.3) is 0 Å². The van der Waals surface area contributed by atoms with Crippen molar-refractivity contribution >= 4 is 41.5 Å². The van der Waals surface area contributed by atoms with Crippen molar-refractivity contribution in [2.75, 3.05) is 20.3 Å². The topological polar surface area (TPSA) is 80.9 Å². The highest BCUT2D eigenvalue weighted by Gasteiger charge is 2.12. The van der Waals surface area contributed by atoms with Crippen molar-refractivity contribution in [3.8, 4) is 11.5 Å². The zero-order valence-electron chi connectivity index (χ0n) is 16.9. The molecule has 0 aliphatic rings. The molecule has 7 nitrogen and oxygen atoms in total. The lowest BCUT2D eigenvalue weighted by Crippen LogP contribution is -2.36. The Balaban J connectivity index is 0.00000392. The van der Waals surface area contributed by atoms with Gasteiger partial charge in [-0.2, -0.15) is 0 Å². The molecule has 1 aromatic carbocycles. The number of halogens is 2. The summed E-state index contributed by atoms with van der Waals surface area (Å²) in [5.41, 5.74) is 1.81. The first-order chi connectivity index (χ1) is 13.0. The van der Waals surface area contributed by atoms with Gasteiger partial charge in [-0.05, 0) is 45.4 Å². The van der Waals surface area contributed by atoms with E-state index in [-0.39, 0.29) is 24.0 Å². The van der Waals surface area contributed by atoms with E-state index in [9.17, 15) is 0 Å². The highest BCUT2D eigenvalue weighted by molar-refractivity contribution is 14.0. The fourth-order valence-electron chi connectivity index (χ4n) is 2.44. The molecule has 2 rings (SSSR count). The molecule has 0 aliphatic heterocycles. The Morgan fingerprint density at radius 1 is 1.25 bits per heavy atom. The Morgan fingerprint density at radius 3 is 2.57 bits per heavy atom. The number of guanidine groups is 1. The van der Waals surface area contributed by atoms with Gasteiger partial charge in [-0.1, -0.05) is 11.6 Å². The number of hydrogen-bond acceptors (Lipinski definition) is 5. The summed E-state index contributed by atoms with van der Waals surface area (Å²) < 4.78 is 16.5. The molecule has 0 saturated heterocycles. The van der Waals surface area contributed by atoms with E-state index in [0.29, 0.717) is 48.1 Å². The van der Waals surface area contributed by atoms with Gasteiger partial charge < -0.3 is 24.5 Å². The zero-order chi connectivity index (χ0) is 19.8. The second-order valence-corrected chi connectivity index (χ2v) is 6.25. The summed E-state index contributed by atoms with van der Waals surface area (Å²) in [5, 5.41) is 6.92. The summed E-state index contributed by atoms with van der Waals surface area (Å²) in [7, 11) is 1.59. The summed E-state index contributed by atoms with van der Waals surface area (Å²) in [6.45, 7) is 9.87. The number of nitrogens with zero attached hydrogens (tertiary/aromatic N) is 2. The van der Waals surface area contributed by atoms with Gasteiger partial charge in [0.15, 0.2) is 17.5 Å². The number of nitrogens with one attached hydrogen (secondary N) is 2. The maximum atomic E-state index is 6.32. The van der Waals surface area contributed by atoms with Gasteiger partial charge in [0.1, 0.15) is 5.76 Å². The lowest BCUT2D eigenvalue weighted by molar-refractivity contribution is 0.311. The Morgan fingerprint density at radius 2 is 2.00 bits per heavy atom. The average molecular weight is 523 g/mol. The number of oxazole rings is 1. The van der Waals surface area contributed by atoms with E-state index in [1.54, 1.807) is 7.11 Å². The minimum atomic E-state index is 0. The Kier molecular flexibility index (Phi) is 10.4. The second kappa shape index (κ2) is 12.0. The molecule has 1 aromatic heterocycles. The smallest absolute Gasteiger partial charge is 0.214 e. The highest BCUT2D eigenvalue weighted by Crippen LogP contribution is 2.36.